The van der Waals surface area contributed by atoms with Crippen LogP contribution in [0.2, 0.25) is 0 Å². The SMILES string of the molecule is CCCC[P+](CCCC)(CCCC)CCCC.NC(=O)CC(N)C(=O)O. The van der Waals surface area contributed by atoms with E-state index in [1.807, 2.05) is 0 Å². The normalized spacial score (nSPS) is 12.2. The fourth-order valence-electron chi connectivity index (χ4n) is 2.95. The highest BCUT2D eigenvalue weighted by molar-refractivity contribution is 7.75. The number of primary amides is 1. The molecule has 0 spiro atoms. The minimum Gasteiger partial charge on any atom is -0.480 e. The molecular formula is C20H44N2O3P+. The summed E-state index contributed by atoms with van der Waals surface area (Å²) in [6, 6.07) is -1.16. The van der Waals surface area contributed by atoms with Crippen LogP contribution in [0.25, 0.3) is 0 Å². The minimum atomic E-state index is -1.21. The van der Waals surface area contributed by atoms with Gasteiger partial charge in [0.1, 0.15) is 6.04 Å². The fraction of sp³-hybridized carbons (Fsp3) is 0.900. The number of carbonyl (C=O) groups is 2. The molecule has 0 saturated heterocycles. The molecule has 6 heteroatoms. The first kappa shape index (κ1) is 27.5. The number of nitrogens with two attached hydrogens (primary N) is 2. The fourth-order valence-corrected chi connectivity index (χ4v) is 8.24. The van der Waals surface area contributed by atoms with Gasteiger partial charge in [-0.1, -0.05) is 53.4 Å². The number of unbranched alkanes of at least 4 members (excludes halogenated alkanes) is 4. The number of amides is 1. The molecule has 156 valence electrons. The molecule has 0 heterocycles. The number of aliphatic carboxylic acids is 1. The molecule has 0 radical (unpaired) electrons. The van der Waals surface area contributed by atoms with Gasteiger partial charge in [-0.25, -0.2) is 0 Å². The molecule has 0 fully saturated rings. The second-order valence-electron chi connectivity index (χ2n) is 7.27. The van der Waals surface area contributed by atoms with Crippen LogP contribution in [-0.2, 0) is 9.59 Å². The highest BCUT2D eigenvalue weighted by Gasteiger charge is 2.34. The number of carbonyl (C=O) groups excluding carboxylic acids is 1. The van der Waals surface area contributed by atoms with Gasteiger partial charge < -0.3 is 16.6 Å². The lowest BCUT2D eigenvalue weighted by Crippen LogP contribution is -2.34. The molecule has 26 heavy (non-hydrogen) atoms. The molecule has 0 aliphatic rings. The molecule has 0 aromatic rings. The quantitative estimate of drug-likeness (QED) is 0.358. The van der Waals surface area contributed by atoms with Crippen molar-refractivity contribution < 1.29 is 14.7 Å². The molecular weight excluding hydrogens is 347 g/mol. The lowest BCUT2D eigenvalue weighted by molar-refractivity contribution is -0.140. The summed E-state index contributed by atoms with van der Waals surface area (Å²) >= 11 is 0. The predicted molar refractivity (Wildman–Crippen MR) is 115 cm³/mol. The van der Waals surface area contributed by atoms with Crippen molar-refractivity contribution in [2.75, 3.05) is 24.6 Å². The summed E-state index contributed by atoms with van der Waals surface area (Å²) in [7, 11) is -0.562. The molecule has 1 unspecified atom stereocenters. The summed E-state index contributed by atoms with van der Waals surface area (Å²) in [6.45, 7) is 9.42. The first-order valence-electron chi connectivity index (χ1n) is 10.4. The zero-order valence-corrected chi connectivity index (χ0v) is 18.5. The number of carboxylic acid groups (broad SMARTS) is 1. The second-order valence-corrected chi connectivity index (χ2v) is 11.7. The van der Waals surface area contributed by atoms with Crippen molar-refractivity contribution in [1.29, 1.82) is 0 Å². The van der Waals surface area contributed by atoms with Gasteiger partial charge in [-0.05, 0) is 25.7 Å². The van der Waals surface area contributed by atoms with Crippen LogP contribution in [0, 0.1) is 0 Å². The highest BCUT2D eigenvalue weighted by atomic mass is 31.2. The van der Waals surface area contributed by atoms with E-state index in [0.717, 1.165) is 0 Å². The second kappa shape index (κ2) is 17.7. The Hall–Kier alpha value is -0.670. The van der Waals surface area contributed by atoms with E-state index in [0.29, 0.717) is 0 Å². The molecule has 1 amide bonds. The van der Waals surface area contributed by atoms with Gasteiger partial charge in [-0.15, -0.1) is 0 Å². The van der Waals surface area contributed by atoms with Crippen molar-refractivity contribution in [3.05, 3.63) is 0 Å². The van der Waals surface area contributed by atoms with E-state index in [1.54, 1.807) is 24.6 Å². The van der Waals surface area contributed by atoms with Crippen LogP contribution in [-0.4, -0.2) is 47.7 Å². The Morgan fingerprint density at radius 3 is 1.27 bits per heavy atom. The molecule has 0 aliphatic heterocycles. The van der Waals surface area contributed by atoms with E-state index in [4.69, 9.17) is 10.8 Å². The molecule has 0 bridgehead atoms. The van der Waals surface area contributed by atoms with Crippen molar-refractivity contribution in [3.63, 3.8) is 0 Å². The Bertz CT molecular complexity index is 327. The largest absolute Gasteiger partial charge is 0.480 e. The van der Waals surface area contributed by atoms with Crippen LogP contribution in [0.1, 0.15) is 85.5 Å². The van der Waals surface area contributed by atoms with Crippen LogP contribution in [0.5, 0.6) is 0 Å². The molecule has 0 aromatic carbocycles. The van der Waals surface area contributed by atoms with Crippen LogP contribution < -0.4 is 11.5 Å². The maximum atomic E-state index is 9.99. The van der Waals surface area contributed by atoms with Gasteiger partial charge in [0, 0.05) is 7.26 Å². The van der Waals surface area contributed by atoms with Crippen molar-refractivity contribution in [1.82, 2.24) is 0 Å². The molecule has 0 aliphatic carbocycles. The Morgan fingerprint density at radius 2 is 1.12 bits per heavy atom. The van der Waals surface area contributed by atoms with Gasteiger partial charge in [0.2, 0.25) is 5.91 Å². The molecule has 0 saturated carbocycles. The highest BCUT2D eigenvalue weighted by Crippen LogP contribution is 2.61. The van der Waals surface area contributed by atoms with Gasteiger partial charge in [-0.2, -0.15) is 0 Å². The van der Waals surface area contributed by atoms with Gasteiger partial charge in [0.05, 0.1) is 31.1 Å². The van der Waals surface area contributed by atoms with Gasteiger partial charge in [0.15, 0.2) is 0 Å². The third-order valence-corrected chi connectivity index (χ3v) is 9.74. The predicted octanol–water partition coefficient (Wildman–Crippen LogP) is 4.48. The molecule has 5 N–H and O–H groups in total. The standard InChI is InChI=1S/C16H36P.C4H8N2O3/c1-5-9-13-17(14-10-6-2,15-11-7-3)16-12-8-4;5-2(4(8)9)1-3(6)7/h5-16H2,1-4H3;2H,1,5H2,(H2,6,7)(H,8,9)/q+1;. The minimum absolute atomic E-state index is 0.310. The summed E-state index contributed by atoms with van der Waals surface area (Å²) in [4.78, 5) is 19.9. The Labute approximate surface area is 162 Å². The van der Waals surface area contributed by atoms with Gasteiger partial charge >= 0.3 is 5.97 Å². The van der Waals surface area contributed by atoms with E-state index in [9.17, 15) is 9.59 Å². The number of rotatable bonds is 15. The van der Waals surface area contributed by atoms with Crippen molar-refractivity contribution in [3.8, 4) is 0 Å². The zero-order chi connectivity index (χ0) is 20.4. The van der Waals surface area contributed by atoms with Crippen LogP contribution >= 0.6 is 7.26 Å². The van der Waals surface area contributed by atoms with E-state index >= 15 is 0 Å². The molecule has 1 atom stereocenters. The third-order valence-electron chi connectivity index (χ3n) is 4.68. The van der Waals surface area contributed by atoms with Crippen LogP contribution in [0.3, 0.4) is 0 Å². The summed E-state index contributed by atoms with van der Waals surface area (Å²) < 4.78 is 0. The average molecular weight is 392 g/mol. The summed E-state index contributed by atoms with van der Waals surface area (Å²) in [5.41, 5.74) is 9.57. The zero-order valence-electron chi connectivity index (χ0n) is 17.6. The first-order valence-corrected chi connectivity index (χ1v) is 12.9. The lowest BCUT2D eigenvalue weighted by atomic mass is 10.2. The average Bonchev–Trinajstić information content (AvgIpc) is 2.60. The number of carboxylic acids is 1. The number of hydrogen-bond acceptors (Lipinski definition) is 3. The Morgan fingerprint density at radius 1 is 0.808 bits per heavy atom. The van der Waals surface area contributed by atoms with E-state index in [-0.39, 0.29) is 6.42 Å². The third kappa shape index (κ3) is 15.6. The van der Waals surface area contributed by atoms with Gasteiger partial charge in [0.25, 0.3) is 0 Å². The smallest absolute Gasteiger partial charge is 0.321 e. The Balaban J connectivity index is 0. The van der Waals surface area contributed by atoms with Crippen molar-refractivity contribution in [2.24, 2.45) is 11.5 Å². The summed E-state index contributed by atoms with van der Waals surface area (Å²) in [5, 5.41) is 8.10. The maximum Gasteiger partial charge on any atom is 0.321 e. The topological polar surface area (TPSA) is 106 Å². The first-order chi connectivity index (χ1) is 12.3. The summed E-state index contributed by atoms with van der Waals surface area (Å²) in [6.07, 6.45) is 17.6. The number of hydrogen-bond donors (Lipinski definition) is 3. The van der Waals surface area contributed by atoms with Crippen molar-refractivity contribution >= 4 is 19.1 Å². The monoisotopic (exact) mass is 391 g/mol. The Kier molecular flexibility index (Phi) is 18.8. The lowest BCUT2D eigenvalue weighted by Gasteiger charge is -2.28. The van der Waals surface area contributed by atoms with Crippen molar-refractivity contribution in [2.45, 2.75) is 91.5 Å². The van der Waals surface area contributed by atoms with E-state index in [2.05, 4.69) is 33.4 Å². The molecule has 0 aromatic heterocycles. The van der Waals surface area contributed by atoms with Crippen LogP contribution in [0.15, 0.2) is 0 Å². The van der Waals surface area contributed by atoms with Crippen LogP contribution in [0.4, 0.5) is 0 Å². The van der Waals surface area contributed by atoms with E-state index < -0.39 is 25.2 Å². The molecule has 0 rings (SSSR count). The van der Waals surface area contributed by atoms with E-state index in [1.165, 1.54) is 51.4 Å². The molecule has 5 nitrogen and oxygen atoms in total. The van der Waals surface area contributed by atoms with Gasteiger partial charge in [-0.3, -0.25) is 9.59 Å². The maximum absolute atomic E-state index is 9.99. The summed E-state index contributed by atoms with van der Waals surface area (Å²) in [5.74, 6) is -1.92.